The van der Waals surface area contributed by atoms with Crippen LogP contribution in [0.5, 0.6) is 5.75 Å². The van der Waals surface area contributed by atoms with Crippen molar-refractivity contribution in [2.24, 2.45) is 0 Å². The summed E-state index contributed by atoms with van der Waals surface area (Å²) in [5, 5.41) is 5.31. The van der Waals surface area contributed by atoms with Crippen LogP contribution < -0.4 is 15.4 Å². The Balaban J connectivity index is 1.88. The molecule has 0 saturated heterocycles. The largest absolute Gasteiger partial charge is 0.496 e. The number of carbonyl (C=O) groups excluding carboxylic acids is 2. The molecule has 0 unspecified atom stereocenters. The summed E-state index contributed by atoms with van der Waals surface area (Å²) in [6.07, 6.45) is 0. The number of benzene rings is 1. The Morgan fingerprint density at radius 3 is 2.65 bits per heavy atom. The Labute approximate surface area is 142 Å². The molecule has 7 heteroatoms. The van der Waals surface area contributed by atoms with E-state index < -0.39 is 5.91 Å². The van der Waals surface area contributed by atoms with E-state index in [1.54, 1.807) is 13.2 Å². The van der Waals surface area contributed by atoms with E-state index in [4.69, 9.17) is 9.15 Å². The average Bonchev–Trinajstić information content (AvgIpc) is 2.99. The van der Waals surface area contributed by atoms with Crippen molar-refractivity contribution in [1.29, 1.82) is 0 Å². The van der Waals surface area contributed by atoms with Crippen molar-refractivity contribution < 1.29 is 18.7 Å². The van der Waals surface area contributed by atoms with Crippen LogP contribution in [-0.2, 0) is 4.79 Å². The Morgan fingerprint density at radius 2 is 2.00 bits per heavy atom. The standard InChI is InChI=1S/C16H17BrN2O4/c1-10(11-5-3-4-6-12(11)22-2)19-15(20)9-18-16(21)13-7-8-14(17)23-13/h3-8,10H,9H2,1-2H3,(H,18,21)(H,19,20)/t10-/m1/s1. The number of amides is 2. The molecule has 1 aromatic carbocycles. The summed E-state index contributed by atoms with van der Waals surface area (Å²) in [5.41, 5.74) is 0.865. The first-order chi connectivity index (χ1) is 11.0. The number of para-hydroxylation sites is 1. The number of rotatable bonds is 6. The van der Waals surface area contributed by atoms with Crippen molar-refractivity contribution in [3.05, 3.63) is 52.4 Å². The molecule has 2 amide bonds. The highest BCUT2D eigenvalue weighted by Crippen LogP contribution is 2.24. The van der Waals surface area contributed by atoms with Gasteiger partial charge in [-0.25, -0.2) is 0 Å². The van der Waals surface area contributed by atoms with E-state index >= 15 is 0 Å². The molecule has 0 spiro atoms. The number of hydrogen-bond acceptors (Lipinski definition) is 4. The molecule has 0 bridgehead atoms. The summed E-state index contributed by atoms with van der Waals surface area (Å²) in [4.78, 5) is 23.8. The van der Waals surface area contributed by atoms with Crippen LogP contribution in [0.3, 0.4) is 0 Å². The third-order valence-corrected chi connectivity index (χ3v) is 3.62. The van der Waals surface area contributed by atoms with Crippen LogP contribution in [0, 0.1) is 0 Å². The fourth-order valence-corrected chi connectivity index (χ4v) is 2.38. The Morgan fingerprint density at radius 1 is 1.26 bits per heavy atom. The zero-order chi connectivity index (χ0) is 16.8. The molecule has 2 aromatic rings. The maximum atomic E-state index is 12.0. The van der Waals surface area contributed by atoms with Gasteiger partial charge in [0.15, 0.2) is 10.4 Å². The molecule has 0 aliphatic rings. The van der Waals surface area contributed by atoms with Crippen molar-refractivity contribution in [1.82, 2.24) is 10.6 Å². The summed E-state index contributed by atoms with van der Waals surface area (Å²) in [6, 6.07) is 10.3. The van der Waals surface area contributed by atoms with Gasteiger partial charge in [0, 0.05) is 5.56 Å². The summed E-state index contributed by atoms with van der Waals surface area (Å²) in [7, 11) is 1.58. The van der Waals surface area contributed by atoms with E-state index in [2.05, 4.69) is 26.6 Å². The number of carbonyl (C=O) groups is 2. The number of hydrogen-bond donors (Lipinski definition) is 2. The van der Waals surface area contributed by atoms with Gasteiger partial charge < -0.3 is 19.8 Å². The normalized spacial score (nSPS) is 11.6. The maximum absolute atomic E-state index is 12.0. The van der Waals surface area contributed by atoms with Gasteiger partial charge in [0.05, 0.1) is 19.7 Å². The number of halogens is 1. The summed E-state index contributed by atoms with van der Waals surface area (Å²) >= 11 is 3.11. The minimum Gasteiger partial charge on any atom is -0.496 e. The first-order valence-corrected chi connectivity index (χ1v) is 7.76. The smallest absolute Gasteiger partial charge is 0.287 e. The molecule has 0 radical (unpaired) electrons. The molecular weight excluding hydrogens is 364 g/mol. The SMILES string of the molecule is COc1ccccc1[C@@H](C)NC(=O)CNC(=O)c1ccc(Br)o1. The van der Waals surface area contributed by atoms with Crippen LogP contribution in [0.25, 0.3) is 0 Å². The van der Waals surface area contributed by atoms with Crippen molar-refractivity contribution in [2.45, 2.75) is 13.0 Å². The van der Waals surface area contributed by atoms with Crippen molar-refractivity contribution in [2.75, 3.05) is 13.7 Å². The van der Waals surface area contributed by atoms with E-state index in [-0.39, 0.29) is 24.3 Å². The van der Waals surface area contributed by atoms with Crippen LogP contribution in [0.4, 0.5) is 0 Å². The highest BCUT2D eigenvalue weighted by molar-refractivity contribution is 9.10. The Kier molecular flexibility index (Phi) is 5.81. The van der Waals surface area contributed by atoms with E-state index in [0.29, 0.717) is 10.4 Å². The Bertz CT molecular complexity index is 699. The minimum atomic E-state index is -0.448. The van der Waals surface area contributed by atoms with Gasteiger partial charge in [-0.2, -0.15) is 0 Å². The topological polar surface area (TPSA) is 80.6 Å². The molecule has 1 aromatic heterocycles. The number of methoxy groups -OCH3 is 1. The fourth-order valence-electron chi connectivity index (χ4n) is 2.08. The first-order valence-electron chi connectivity index (χ1n) is 6.97. The molecular formula is C16H17BrN2O4. The quantitative estimate of drug-likeness (QED) is 0.806. The van der Waals surface area contributed by atoms with E-state index in [9.17, 15) is 9.59 Å². The molecule has 2 N–H and O–H groups in total. The van der Waals surface area contributed by atoms with Gasteiger partial charge in [-0.05, 0) is 41.1 Å². The van der Waals surface area contributed by atoms with E-state index in [1.807, 2.05) is 31.2 Å². The third-order valence-electron chi connectivity index (χ3n) is 3.19. The zero-order valence-electron chi connectivity index (χ0n) is 12.8. The monoisotopic (exact) mass is 380 g/mol. The predicted octanol–water partition coefficient (Wildman–Crippen LogP) is 2.66. The molecule has 0 saturated carbocycles. The molecule has 1 heterocycles. The van der Waals surface area contributed by atoms with Gasteiger partial charge in [0.25, 0.3) is 5.91 Å². The lowest BCUT2D eigenvalue weighted by Crippen LogP contribution is -2.38. The molecule has 0 aliphatic heterocycles. The lowest BCUT2D eigenvalue weighted by atomic mass is 10.1. The van der Waals surface area contributed by atoms with Gasteiger partial charge in [-0.3, -0.25) is 9.59 Å². The van der Waals surface area contributed by atoms with Crippen LogP contribution in [-0.4, -0.2) is 25.5 Å². The van der Waals surface area contributed by atoms with Crippen LogP contribution >= 0.6 is 15.9 Å². The Hall–Kier alpha value is -2.28. The third kappa shape index (κ3) is 4.59. The molecule has 2 rings (SSSR count). The van der Waals surface area contributed by atoms with Gasteiger partial charge in [-0.15, -0.1) is 0 Å². The maximum Gasteiger partial charge on any atom is 0.287 e. The fraction of sp³-hybridized carbons (Fsp3) is 0.250. The van der Waals surface area contributed by atoms with Crippen LogP contribution in [0.2, 0.25) is 0 Å². The predicted molar refractivity (Wildman–Crippen MR) is 88.3 cm³/mol. The molecule has 122 valence electrons. The second-order valence-electron chi connectivity index (χ2n) is 4.82. The van der Waals surface area contributed by atoms with E-state index in [0.717, 1.165) is 5.56 Å². The second kappa shape index (κ2) is 7.82. The van der Waals surface area contributed by atoms with E-state index in [1.165, 1.54) is 6.07 Å². The van der Waals surface area contributed by atoms with Gasteiger partial charge >= 0.3 is 0 Å². The van der Waals surface area contributed by atoms with Crippen molar-refractivity contribution in [3.8, 4) is 5.75 Å². The minimum absolute atomic E-state index is 0.141. The molecule has 6 nitrogen and oxygen atoms in total. The van der Waals surface area contributed by atoms with Crippen LogP contribution in [0.15, 0.2) is 45.5 Å². The molecule has 0 fully saturated rings. The number of ether oxygens (including phenoxy) is 1. The highest BCUT2D eigenvalue weighted by atomic mass is 79.9. The van der Waals surface area contributed by atoms with Gasteiger partial charge in [-0.1, -0.05) is 18.2 Å². The van der Waals surface area contributed by atoms with Crippen molar-refractivity contribution >= 4 is 27.7 Å². The van der Waals surface area contributed by atoms with Crippen LogP contribution in [0.1, 0.15) is 29.1 Å². The summed E-state index contributed by atoms with van der Waals surface area (Å²) in [5.74, 6) is 0.0883. The highest BCUT2D eigenvalue weighted by Gasteiger charge is 2.15. The average molecular weight is 381 g/mol. The molecule has 1 atom stereocenters. The molecule has 0 aliphatic carbocycles. The summed E-state index contributed by atoms with van der Waals surface area (Å²) < 4.78 is 10.8. The first kappa shape index (κ1) is 17.1. The number of nitrogens with one attached hydrogen (secondary N) is 2. The second-order valence-corrected chi connectivity index (χ2v) is 5.60. The van der Waals surface area contributed by atoms with Gasteiger partial charge in [0.1, 0.15) is 5.75 Å². The van der Waals surface area contributed by atoms with Gasteiger partial charge in [0.2, 0.25) is 5.91 Å². The number of furan rings is 1. The van der Waals surface area contributed by atoms with Crippen molar-refractivity contribution in [3.63, 3.8) is 0 Å². The molecule has 23 heavy (non-hydrogen) atoms. The summed E-state index contributed by atoms with van der Waals surface area (Å²) in [6.45, 7) is 1.71. The lowest BCUT2D eigenvalue weighted by molar-refractivity contribution is -0.120. The lowest BCUT2D eigenvalue weighted by Gasteiger charge is -2.17. The zero-order valence-corrected chi connectivity index (χ0v) is 14.3.